The van der Waals surface area contributed by atoms with E-state index in [1.165, 1.54) is 38.0 Å². The van der Waals surface area contributed by atoms with Crippen molar-refractivity contribution < 1.29 is 4.79 Å². The van der Waals surface area contributed by atoms with Crippen LogP contribution in [-0.2, 0) is 4.79 Å². The number of carbonyl (C=O) groups excluding carboxylic acids is 1. The van der Waals surface area contributed by atoms with E-state index in [-0.39, 0.29) is 0 Å². The number of piperidine rings is 1. The molecule has 0 aromatic heterocycles. The Balaban J connectivity index is 2.14. The number of likely N-dealkylation sites (tertiary alicyclic amines) is 1. The maximum atomic E-state index is 11.6. The van der Waals surface area contributed by atoms with E-state index in [9.17, 15) is 4.79 Å². The lowest BCUT2D eigenvalue weighted by Crippen LogP contribution is -2.32. The van der Waals surface area contributed by atoms with Crippen molar-refractivity contribution in [2.75, 3.05) is 13.1 Å². The summed E-state index contributed by atoms with van der Waals surface area (Å²) in [6.45, 7) is 4.34. The number of Topliss-reactive ketones (excluding diaryl/α,β-unsaturated/α-hetero) is 1. The second-order valence-electron chi connectivity index (χ2n) is 4.40. The predicted molar refractivity (Wildman–Crippen MR) is 57.0 cm³/mol. The molecule has 0 N–H and O–H groups in total. The summed E-state index contributed by atoms with van der Waals surface area (Å²) in [5, 5.41) is 0. The zero-order chi connectivity index (χ0) is 9.97. The first kappa shape index (κ1) is 9.75. The molecule has 1 heterocycles. The molecule has 1 aliphatic carbocycles. The monoisotopic (exact) mass is 193 g/mol. The summed E-state index contributed by atoms with van der Waals surface area (Å²) in [4.78, 5) is 14.0. The minimum absolute atomic E-state index is 0.372. The van der Waals surface area contributed by atoms with Crippen LogP contribution in [0.4, 0.5) is 0 Å². The standard InChI is InChI=1S/C12H19NO/c1-10-11(6-5-7-12(10)14)13-8-3-2-4-9-13/h2-9H2,1H3. The zero-order valence-electron chi connectivity index (χ0n) is 9.01. The van der Waals surface area contributed by atoms with Crippen LogP contribution < -0.4 is 0 Å². The Morgan fingerprint density at radius 3 is 2.43 bits per heavy atom. The van der Waals surface area contributed by atoms with Crippen molar-refractivity contribution in [1.29, 1.82) is 0 Å². The average Bonchev–Trinajstić information content (AvgIpc) is 2.23. The molecular formula is C12H19NO. The molecule has 14 heavy (non-hydrogen) atoms. The maximum absolute atomic E-state index is 11.6. The molecule has 1 fully saturated rings. The van der Waals surface area contributed by atoms with Crippen LogP contribution in [0.3, 0.4) is 0 Å². The van der Waals surface area contributed by atoms with Crippen molar-refractivity contribution in [1.82, 2.24) is 4.90 Å². The molecule has 0 radical (unpaired) electrons. The second-order valence-corrected chi connectivity index (χ2v) is 4.40. The van der Waals surface area contributed by atoms with E-state index in [0.717, 1.165) is 24.8 Å². The smallest absolute Gasteiger partial charge is 0.160 e. The highest BCUT2D eigenvalue weighted by Gasteiger charge is 2.22. The largest absolute Gasteiger partial charge is 0.375 e. The quantitative estimate of drug-likeness (QED) is 0.637. The molecule has 1 saturated heterocycles. The molecule has 0 atom stereocenters. The van der Waals surface area contributed by atoms with Gasteiger partial charge in [0.2, 0.25) is 0 Å². The van der Waals surface area contributed by atoms with E-state index < -0.39 is 0 Å². The summed E-state index contributed by atoms with van der Waals surface area (Å²) < 4.78 is 0. The number of carbonyl (C=O) groups is 1. The first-order valence-corrected chi connectivity index (χ1v) is 5.77. The minimum Gasteiger partial charge on any atom is -0.375 e. The third-order valence-electron chi connectivity index (χ3n) is 3.41. The Hall–Kier alpha value is -0.790. The fourth-order valence-corrected chi connectivity index (χ4v) is 2.51. The summed E-state index contributed by atoms with van der Waals surface area (Å²) in [6.07, 6.45) is 6.90. The fourth-order valence-electron chi connectivity index (χ4n) is 2.51. The van der Waals surface area contributed by atoms with E-state index in [1.54, 1.807) is 0 Å². The van der Waals surface area contributed by atoms with Gasteiger partial charge < -0.3 is 4.90 Å². The number of rotatable bonds is 1. The van der Waals surface area contributed by atoms with Crippen molar-refractivity contribution in [3.63, 3.8) is 0 Å². The first-order valence-electron chi connectivity index (χ1n) is 5.77. The number of hydrogen-bond acceptors (Lipinski definition) is 2. The SMILES string of the molecule is CC1=C(N2CCCCC2)CCCC1=O. The molecule has 0 spiro atoms. The van der Waals surface area contributed by atoms with Crippen molar-refractivity contribution >= 4 is 5.78 Å². The number of nitrogens with zero attached hydrogens (tertiary/aromatic N) is 1. The van der Waals surface area contributed by atoms with Crippen molar-refractivity contribution in [3.05, 3.63) is 11.3 Å². The lowest BCUT2D eigenvalue weighted by Gasteiger charge is -2.34. The number of ketones is 1. The number of hydrogen-bond donors (Lipinski definition) is 0. The predicted octanol–water partition coefficient (Wildman–Crippen LogP) is 2.50. The maximum Gasteiger partial charge on any atom is 0.160 e. The van der Waals surface area contributed by atoms with E-state index >= 15 is 0 Å². The zero-order valence-corrected chi connectivity index (χ0v) is 9.01. The van der Waals surface area contributed by atoms with Crippen LogP contribution in [0.1, 0.15) is 45.4 Å². The highest BCUT2D eigenvalue weighted by atomic mass is 16.1. The molecule has 78 valence electrons. The van der Waals surface area contributed by atoms with Crippen molar-refractivity contribution in [2.45, 2.75) is 45.4 Å². The highest BCUT2D eigenvalue weighted by Crippen LogP contribution is 2.27. The van der Waals surface area contributed by atoms with Gasteiger partial charge in [-0.05, 0) is 39.0 Å². The molecule has 2 heteroatoms. The van der Waals surface area contributed by atoms with Gasteiger partial charge in [-0.25, -0.2) is 0 Å². The molecule has 1 aliphatic heterocycles. The van der Waals surface area contributed by atoms with E-state index in [1.807, 2.05) is 6.92 Å². The summed E-state index contributed by atoms with van der Waals surface area (Å²) in [5.74, 6) is 0.372. The third kappa shape index (κ3) is 1.84. The van der Waals surface area contributed by atoms with Crippen LogP contribution in [0.5, 0.6) is 0 Å². The van der Waals surface area contributed by atoms with Crippen LogP contribution in [-0.4, -0.2) is 23.8 Å². The molecule has 2 nitrogen and oxygen atoms in total. The molecule has 0 bridgehead atoms. The Labute approximate surface area is 86.0 Å². The summed E-state index contributed by atoms with van der Waals surface area (Å²) in [6, 6.07) is 0. The molecule has 2 rings (SSSR count). The van der Waals surface area contributed by atoms with Gasteiger partial charge in [-0.15, -0.1) is 0 Å². The molecular weight excluding hydrogens is 174 g/mol. The van der Waals surface area contributed by atoms with E-state index in [0.29, 0.717) is 5.78 Å². The lowest BCUT2D eigenvalue weighted by molar-refractivity contribution is -0.116. The van der Waals surface area contributed by atoms with E-state index in [2.05, 4.69) is 4.90 Å². The molecule has 2 aliphatic rings. The van der Waals surface area contributed by atoms with Gasteiger partial charge in [-0.2, -0.15) is 0 Å². The van der Waals surface area contributed by atoms with Crippen molar-refractivity contribution in [3.8, 4) is 0 Å². The van der Waals surface area contributed by atoms with Crippen LogP contribution in [0.2, 0.25) is 0 Å². The summed E-state index contributed by atoms with van der Waals surface area (Å²) >= 11 is 0. The van der Waals surface area contributed by atoms with Gasteiger partial charge in [0.25, 0.3) is 0 Å². The second kappa shape index (κ2) is 4.16. The van der Waals surface area contributed by atoms with Crippen LogP contribution in [0.15, 0.2) is 11.3 Å². The topological polar surface area (TPSA) is 20.3 Å². The summed E-state index contributed by atoms with van der Waals surface area (Å²) in [5.41, 5.74) is 2.39. The van der Waals surface area contributed by atoms with Crippen LogP contribution in [0, 0.1) is 0 Å². The molecule has 0 unspecified atom stereocenters. The molecule has 0 aromatic rings. The average molecular weight is 193 g/mol. The number of allylic oxidation sites excluding steroid dienone is 2. The van der Waals surface area contributed by atoms with Gasteiger partial charge in [0.05, 0.1) is 0 Å². The van der Waals surface area contributed by atoms with Gasteiger partial charge in [-0.1, -0.05) is 0 Å². The van der Waals surface area contributed by atoms with Crippen LogP contribution >= 0.6 is 0 Å². The third-order valence-corrected chi connectivity index (χ3v) is 3.41. The molecule has 0 amide bonds. The van der Waals surface area contributed by atoms with Crippen molar-refractivity contribution in [2.24, 2.45) is 0 Å². The molecule has 0 aromatic carbocycles. The Morgan fingerprint density at radius 1 is 1.00 bits per heavy atom. The normalized spacial score (nSPS) is 24.4. The van der Waals surface area contributed by atoms with Crippen LogP contribution in [0.25, 0.3) is 0 Å². The molecule has 0 saturated carbocycles. The van der Waals surface area contributed by atoms with Gasteiger partial charge in [-0.3, -0.25) is 4.79 Å². The fraction of sp³-hybridized carbons (Fsp3) is 0.750. The minimum atomic E-state index is 0.372. The lowest BCUT2D eigenvalue weighted by atomic mass is 9.94. The first-order chi connectivity index (χ1) is 6.79. The Bertz CT molecular complexity index is 261. The van der Waals surface area contributed by atoms with E-state index in [4.69, 9.17) is 0 Å². The Morgan fingerprint density at radius 2 is 1.71 bits per heavy atom. The highest BCUT2D eigenvalue weighted by molar-refractivity contribution is 5.96. The Kier molecular flexibility index (Phi) is 2.90. The summed E-state index contributed by atoms with van der Waals surface area (Å²) in [7, 11) is 0. The van der Waals surface area contributed by atoms with Gasteiger partial charge >= 0.3 is 0 Å². The van der Waals surface area contributed by atoms with Gasteiger partial charge in [0, 0.05) is 30.8 Å². The van der Waals surface area contributed by atoms with Gasteiger partial charge in [0.15, 0.2) is 5.78 Å². The van der Waals surface area contributed by atoms with Gasteiger partial charge in [0.1, 0.15) is 0 Å².